The lowest BCUT2D eigenvalue weighted by atomic mass is 10.2. The minimum atomic E-state index is -0.0890. The van der Waals surface area contributed by atoms with Crippen molar-refractivity contribution in [3.8, 4) is 0 Å². The highest BCUT2D eigenvalue weighted by molar-refractivity contribution is 9.10. The fraction of sp³-hybridized carbons (Fsp3) is 0.105. The lowest BCUT2D eigenvalue weighted by Crippen LogP contribution is -2.13. The molecule has 1 aromatic heterocycles. The van der Waals surface area contributed by atoms with Crippen molar-refractivity contribution in [2.45, 2.75) is 17.6 Å². The molecule has 0 unspecified atom stereocenters. The largest absolute Gasteiger partial charge is 0.321 e. The van der Waals surface area contributed by atoms with Gasteiger partial charge in [-0.25, -0.2) is 0 Å². The van der Waals surface area contributed by atoms with Crippen LogP contribution in [-0.2, 0) is 5.75 Å². The van der Waals surface area contributed by atoms with Crippen LogP contribution >= 0.6 is 39.0 Å². The van der Waals surface area contributed by atoms with Crippen molar-refractivity contribution < 1.29 is 4.79 Å². The minimum absolute atomic E-state index is 0.0890. The van der Waals surface area contributed by atoms with E-state index in [2.05, 4.69) is 32.7 Å². The van der Waals surface area contributed by atoms with Gasteiger partial charge in [-0.15, -0.1) is 23.1 Å². The molecule has 1 N–H and O–H groups in total. The Morgan fingerprint density at radius 3 is 2.75 bits per heavy atom. The topological polar surface area (TPSA) is 29.1 Å². The van der Waals surface area contributed by atoms with E-state index in [0.717, 1.165) is 26.4 Å². The Hall–Kier alpha value is -1.56. The first-order valence-corrected chi connectivity index (χ1v) is 10.1. The molecule has 24 heavy (non-hydrogen) atoms. The molecule has 0 aliphatic heterocycles. The predicted octanol–water partition coefficient (Wildman–Crippen LogP) is 6.36. The number of aryl methyl sites for hydroxylation is 1. The molecule has 2 aromatic carbocycles. The maximum atomic E-state index is 12.7. The number of nitrogens with one attached hydrogen (secondary N) is 1. The van der Waals surface area contributed by atoms with E-state index in [4.69, 9.17) is 0 Å². The van der Waals surface area contributed by atoms with E-state index in [1.165, 1.54) is 4.88 Å². The number of carbonyl (C=O) groups is 1. The van der Waals surface area contributed by atoms with E-state index in [-0.39, 0.29) is 5.91 Å². The van der Waals surface area contributed by atoms with Crippen LogP contribution in [0, 0.1) is 6.92 Å². The summed E-state index contributed by atoms with van der Waals surface area (Å²) in [6, 6.07) is 17.8. The fourth-order valence-corrected chi connectivity index (χ4v) is 4.65. The third kappa shape index (κ3) is 4.29. The zero-order chi connectivity index (χ0) is 16.9. The van der Waals surface area contributed by atoms with Crippen LogP contribution in [0.4, 0.5) is 5.69 Å². The summed E-state index contributed by atoms with van der Waals surface area (Å²) in [6.45, 7) is 2.02. The SMILES string of the molecule is Cc1ccc(NC(=O)c2ccccc2SCc2cccs2)c(Br)c1. The number of carbonyl (C=O) groups excluding carboxylic acids is 1. The van der Waals surface area contributed by atoms with E-state index in [0.29, 0.717) is 5.56 Å². The summed E-state index contributed by atoms with van der Waals surface area (Å²) in [5, 5.41) is 5.06. The van der Waals surface area contributed by atoms with Gasteiger partial charge in [0.25, 0.3) is 5.91 Å². The molecule has 1 heterocycles. The number of benzene rings is 2. The van der Waals surface area contributed by atoms with Gasteiger partial charge in [0.2, 0.25) is 0 Å². The molecule has 122 valence electrons. The van der Waals surface area contributed by atoms with Crippen LogP contribution in [0.25, 0.3) is 0 Å². The average molecular weight is 418 g/mol. The van der Waals surface area contributed by atoms with Crippen LogP contribution in [0.3, 0.4) is 0 Å². The molecule has 0 atom stereocenters. The van der Waals surface area contributed by atoms with Crippen molar-refractivity contribution in [1.29, 1.82) is 0 Å². The summed E-state index contributed by atoms with van der Waals surface area (Å²) in [5.41, 5.74) is 2.63. The highest BCUT2D eigenvalue weighted by atomic mass is 79.9. The van der Waals surface area contributed by atoms with Gasteiger partial charge in [0.1, 0.15) is 0 Å². The maximum absolute atomic E-state index is 12.7. The first kappa shape index (κ1) is 17.3. The van der Waals surface area contributed by atoms with E-state index in [1.54, 1.807) is 23.1 Å². The van der Waals surface area contributed by atoms with Gasteiger partial charge in [-0.1, -0.05) is 24.3 Å². The van der Waals surface area contributed by atoms with Crippen LogP contribution in [-0.4, -0.2) is 5.91 Å². The second-order valence-electron chi connectivity index (χ2n) is 5.30. The molecule has 0 aliphatic rings. The van der Waals surface area contributed by atoms with Crippen molar-refractivity contribution in [1.82, 2.24) is 0 Å². The lowest BCUT2D eigenvalue weighted by Gasteiger charge is -2.11. The van der Waals surface area contributed by atoms with Crippen LogP contribution in [0.1, 0.15) is 20.8 Å². The van der Waals surface area contributed by atoms with Gasteiger partial charge in [0, 0.05) is 20.0 Å². The highest BCUT2D eigenvalue weighted by Gasteiger charge is 2.13. The van der Waals surface area contributed by atoms with Gasteiger partial charge in [-0.2, -0.15) is 0 Å². The molecule has 0 spiro atoms. The molecular formula is C19H16BrNOS2. The van der Waals surface area contributed by atoms with Gasteiger partial charge >= 0.3 is 0 Å². The van der Waals surface area contributed by atoms with Gasteiger partial charge in [0.15, 0.2) is 0 Å². The number of thiophene rings is 1. The number of hydrogen-bond donors (Lipinski definition) is 1. The summed E-state index contributed by atoms with van der Waals surface area (Å²) in [4.78, 5) is 15.0. The molecule has 0 bridgehead atoms. The summed E-state index contributed by atoms with van der Waals surface area (Å²) in [7, 11) is 0. The fourth-order valence-electron chi connectivity index (χ4n) is 2.23. The summed E-state index contributed by atoms with van der Waals surface area (Å²) in [5.74, 6) is 0.782. The summed E-state index contributed by atoms with van der Waals surface area (Å²) >= 11 is 6.93. The monoisotopic (exact) mass is 417 g/mol. The zero-order valence-corrected chi connectivity index (χ0v) is 16.3. The third-order valence-electron chi connectivity index (χ3n) is 3.45. The Bertz CT molecular complexity index is 846. The van der Waals surface area contributed by atoms with E-state index >= 15 is 0 Å². The standard InChI is InChI=1S/C19H16BrNOS2/c1-13-8-9-17(16(20)11-13)21-19(22)15-6-2-3-7-18(15)24-12-14-5-4-10-23-14/h2-11H,12H2,1H3,(H,21,22). The van der Waals surface area contributed by atoms with Gasteiger partial charge < -0.3 is 5.32 Å². The molecule has 0 saturated heterocycles. The Morgan fingerprint density at radius 2 is 2.00 bits per heavy atom. The maximum Gasteiger partial charge on any atom is 0.256 e. The number of halogens is 1. The Kier molecular flexibility index (Phi) is 5.76. The average Bonchev–Trinajstić information content (AvgIpc) is 3.09. The van der Waals surface area contributed by atoms with Crippen LogP contribution in [0.5, 0.6) is 0 Å². The number of rotatable bonds is 5. The second-order valence-corrected chi connectivity index (χ2v) is 8.21. The Morgan fingerprint density at radius 1 is 1.17 bits per heavy atom. The molecule has 0 fully saturated rings. The van der Waals surface area contributed by atoms with Crippen LogP contribution < -0.4 is 5.32 Å². The number of hydrogen-bond acceptors (Lipinski definition) is 3. The van der Waals surface area contributed by atoms with Gasteiger partial charge in [-0.05, 0) is 64.1 Å². The smallest absolute Gasteiger partial charge is 0.256 e. The number of anilines is 1. The zero-order valence-electron chi connectivity index (χ0n) is 13.1. The first-order chi connectivity index (χ1) is 11.6. The van der Waals surface area contributed by atoms with Gasteiger partial charge in [-0.3, -0.25) is 4.79 Å². The van der Waals surface area contributed by atoms with Gasteiger partial charge in [0.05, 0.1) is 11.3 Å². The van der Waals surface area contributed by atoms with Crippen molar-refractivity contribution in [2.24, 2.45) is 0 Å². The molecule has 2 nitrogen and oxygen atoms in total. The summed E-state index contributed by atoms with van der Waals surface area (Å²) in [6.07, 6.45) is 0. The van der Waals surface area contributed by atoms with Crippen molar-refractivity contribution in [2.75, 3.05) is 5.32 Å². The van der Waals surface area contributed by atoms with Crippen molar-refractivity contribution in [3.63, 3.8) is 0 Å². The molecule has 1 amide bonds. The quantitative estimate of drug-likeness (QED) is 0.488. The molecule has 0 aliphatic carbocycles. The molecule has 0 saturated carbocycles. The normalized spacial score (nSPS) is 10.6. The first-order valence-electron chi connectivity index (χ1n) is 7.45. The highest BCUT2D eigenvalue weighted by Crippen LogP contribution is 2.29. The predicted molar refractivity (Wildman–Crippen MR) is 107 cm³/mol. The molecule has 3 aromatic rings. The third-order valence-corrected chi connectivity index (χ3v) is 6.29. The van der Waals surface area contributed by atoms with Crippen LogP contribution in [0.15, 0.2) is 69.3 Å². The van der Waals surface area contributed by atoms with Crippen molar-refractivity contribution >= 4 is 50.6 Å². The minimum Gasteiger partial charge on any atom is -0.321 e. The lowest BCUT2D eigenvalue weighted by molar-refractivity contribution is 0.102. The molecular weight excluding hydrogens is 402 g/mol. The Labute approximate surface area is 158 Å². The van der Waals surface area contributed by atoms with Crippen LogP contribution in [0.2, 0.25) is 0 Å². The molecule has 5 heteroatoms. The number of amides is 1. The Balaban J connectivity index is 1.77. The van der Waals surface area contributed by atoms with E-state index < -0.39 is 0 Å². The molecule has 0 radical (unpaired) electrons. The molecule has 3 rings (SSSR count). The number of thioether (sulfide) groups is 1. The van der Waals surface area contributed by atoms with E-state index in [9.17, 15) is 4.79 Å². The van der Waals surface area contributed by atoms with E-state index in [1.807, 2.05) is 55.5 Å². The summed E-state index contributed by atoms with van der Waals surface area (Å²) < 4.78 is 0.888. The second kappa shape index (κ2) is 8.01. The van der Waals surface area contributed by atoms with Crippen molar-refractivity contribution in [3.05, 3.63) is 80.5 Å².